The summed E-state index contributed by atoms with van der Waals surface area (Å²) in [5.74, 6) is 0. The zero-order valence-electron chi connectivity index (χ0n) is 31.3. The number of fused-ring (bicyclic) bond motifs is 9. The molecule has 0 aliphatic heterocycles. The predicted octanol–water partition coefficient (Wildman–Crippen LogP) is 13.6. The standard InChI is InChI=1S/C54H41N/c1-53(2)47-25-13-11-23-43(47)45-32-30-40(34-49(45)53)55(51-27-15-17-37-29-28-36-16-9-10-22-42(36)52(37)51)41-31-33-46-44-24-12-14-26-48(44)54(50(46)35-41,38-18-5-3-6-19-38)39-20-7-4-8-21-39/h3-27,30-35H,28-29H2,1-2H3. The molecule has 262 valence electrons. The van der Waals surface area contributed by atoms with Crippen LogP contribution in [0.3, 0.4) is 0 Å². The van der Waals surface area contributed by atoms with Gasteiger partial charge in [0.05, 0.1) is 11.1 Å². The molecule has 0 unspecified atom stereocenters. The Bertz CT molecular complexity index is 2750. The van der Waals surface area contributed by atoms with Gasteiger partial charge in [-0.05, 0) is 115 Å². The van der Waals surface area contributed by atoms with Crippen LogP contribution in [0.5, 0.6) is 0 Å². The van der Waals surface area contributed by atoms with Gasteiger partial charge in [-0.1, -0.05) is 172 Å². The smallest absolute Gasteiger partial charge is 0.0714 e. The van der Waals surface area contributed by atoms with Crippen molar-refractivity contribution in [1.82, 2.24) is 0 Å². The lowest BCUT2D eigenvalue weighted by atomic mass is 9.67. The molecule has 0 bridgehead atoms. The maximum Gasteiger partial charge on any atom is 0.0714 e. The Morgan fingerprint density at radius 2 is 0.873 bits per heavy atom. The second kappa shape index (κ2) is 12.0. The number of nitrogens with zero attached hydrogens (tertiary/aromatic N) is 1. The van der Waals surface area contributed by atoms with Crippen LogP contribution in [0.1, 0.15) is 58.4 Å². The Labute approximate surface area is 324 Å². The van der Waals surface area contributed by atoms with E-state index in [0.717, 1.165) is 18.5 Å². The van der Waals surface area contributed by atoms with E-state index in [9.17, 15) is 0 Å². The van der Waals surface area contributed by atoms with Gasteiger partial charge in [0.15, 0.2) is 0 Å². The van der Waals surface area contributed by atoms with Gasteiger partial charge in [-0.2, -0.15) is 0 Å². The molecule has 11 rings (SSSR count). The van der Waals surface area contributed by atoms with E-state index in [4.69, 9.17) is 0 Å². The van der Waals surface area contributed by atoms with Crippen LogP contribution >= 0.6 is 0 Å². The summed E-state index contributed by atoms with van der Waals surface area (Å²) in [4.78, 5) is 2.56. The summed E-state index contributed by atoms with van der Waals surface area (Å²) in [5.41, 5.74) is 21.7. The molecule has 0 fully saturated rings. The van der Waals surface area contributed by atoms with E-state index >= 15 is 0 Å². The molecule has 0 aromatic heterocycles. The lowest BCUT2D eigenvalue weighted by Gasteiger charge is -2.35. The number of anilines is 3. The van der Waals surface area contributed by atoms with Crippen LogP contribution < -0.4 is 4.90 Å². The monoisotopic (exact) mass is 703 g/mol. The lowest BCUT2D eigenvalue weighted by Crippen LogP contribution is -2.28. The van der Waals surface area contributed by atoms with Crippen LogP contribution in [0, 0.1) is 0 Å². The van der Waals surface area contributed by atoms with Crippen molar-refractivity contribution >= 4 is 17.1 Å². The third-order valence-electron chi connectivity index (χ3n) is 12.8. The van der Waals surface area contributed by atoms with Gasteiger partial charge in [-0.15, -0.1) is 0 Å². The molecule has 0 saturated carbocycles. The summed E-state index contributed by atoms with van der Waals surface area (Å²) in [6, 6.07) is 70.7. The van der Waals surface area contributed by atoms with Gasteiger partial charge in [0, 0.05) is 22.4 Å². The summed E-state index contributed by atoms with van der Waals surface area (Å²) >= 11 is 0. The van der Waals surface area contributed by atoms with Gasteiger partial charge in [-0.25, -0.2) is 0 Å². The van der Waals surface area contributed by atoms with Crippen LogP contribution in [-0.2, 0) is 23.7 Å². The first-order valence-electron chi connectivity index (χ1n) is 19.7. The second-order valence-corrected chi connectivity index (χ2v) is 16.0. The van der Waals surface area contributed by atoms with Gasteiger partial charge in [0.25, 0.3) is 0 Å². The topological polar surface area (TPSA) is 3.24 Å². The lowest BCUT2D eigenvalue weighted by molar-refractivity contribution is 0.660. The minimum absolute atomic E-state index is 0.119. The number of hydrogen-bond acceptors (Lipinski definition) is 1. The molecule has 8 aromatic rings. The molecule has 3 aliphatic carbocycles. The highest BCUT2D eigenvalue weighted by molar-refractivity contribution is 5.95. The Balaban J connectivity index is 1.21. The molecule has 0 amide bonds. The zero-order valence-corrected chi connectivity index (χ0v) is 31.3. The molecule has 55 heavy (non-hydrogen) atoms. The van der Waals surface area contributed by atoms with E-state index in [2.05, 4.69) is 207 Å². The first kappa shape index (κ1) is 32.0. The Kier molecular flexibility index (Phi) is 7.01. The van der Waals surface area contributed by atoms with Gasteiger partial charge in [0.1, 0.15) is 0 Å². The SMILES string of the molecule is CC1(C)c2ccccc2-c2ccc(N(c3ccc4c(c3)C(c3ccccc3)(c3ccccc3)c3ccccc3-4)c3cccc4c3-c3ccccc3CC4)cc21. The van der Waals surface area contributed by atoms with E-state index in [0.29, 0.717) is 0 Å². The average molecular weight is 704 g/mol. The highest BCUT2D eigenvalue weighted by atomic mass is 15.1. The van der Waals surface area contributed by atoms with Gasteiger partial charge in [0.2, 0.25) is 0 Å². The van der Waals surface area contributed by atoms with E-state index in [1.165, 1.54) is 89.3 Å². The van der Waals surface area contributed by atoms with Gasteiger partial charge < -0.3 is 4.90 Å². The Hall–Kier alpha value is -6.44. The van der Waals surface area contributed by atoms with Crippen LogP contribution in [0.2, 0.25) is 0 Å². The molecule has 0 atom stereocenters. The summed E-state index contributed by atoms with van der Waals surface area (Å²) in [6.45, 7) is 4.76. The Morgan fingerprint density at radius 3 is 1.56 bits per heavy atom. The fraction of sp³-hybridized carbons (Fsp3) is 0.111. The van der Waals surface area contributed by atoms with Crippen molar-refractivity contribution in [3.8, 4) is 33.4 Å². The molecule has 0 saturated heterocycles. The molecule has 1 heteroatoms. The maximum absolute atomic E-state index is 2.56. The van der Waals surface area contributed by atoms with E-state index in [-0.39, 0.29) is 5.41 Å². The Morgan fingerprint density at radius 1 is 0.382 bits per heavy atom. The zero-order chi connectivity index (χ0) is 36.7. The third-order valence-corrected chi connectivity index (χ3v) is 12.8. The van der Waals surface area contributed by atoms with Gasteiger partial charge in [-0.3, -0.25) is 0 Å². The summed E-state index contributed by atoms with van der Waals surface area (Å²) in [7, 11) is 0. The molecule has 0 N–H and O–H groups in total. The normalized spacial score (nSPS) is 14.9. The van der Waals surface area contributed by atoms with Crippen molar-refractivity contribution < 1.29 is 0 Å². The van der Waals surface area contributed by atoms with Gasteiger partial charge >= 0.3 is 0 Å². The maximum atomic E-state index is 2.56. The van der Waals surface area contributed by atoms with Crippen molar-refractivity contribution in [1.29, 1.82) is 0 Å². The van der Waals surface area contributed by atoms with Crippen LogP contribution in [0.15, 0.2) is 188 Å². The van der Waals surface area contributed by atoms with E-state index < -0.39 is 5.41 Å². The molecule has 1 nitrogen and oxygen atoms in total. The van der Waals surface area contributed by atoms with E-state index in [1.54, 1.807) is 0 Å². The van der Waals surface area contributed by atoms with Crippen molar-refractivity contribution in [2.24, 2.45) is 0 Å². The largest absolute Gasteiger partial charge is 0.310 e. The first-order valence-corrected chi connectivity index (χ1v) is 19.7. The number of hydrogen-bond donors (Lipinski definition) is 0. The van der Waals surface area contributed by atoms with Crippen LogP contribution in [-0.4, -0.2) is 0 Å². The second-order valence-electron chi connectivity index (χ2n) is 16.0. The molecular formula is C54H41N. The highest BCUT2D eigenvalue weighted by Crippen LogP contribution is 2.58. The van der Waals surface area contributed by atoms with Crippen molar-refractivity contribution in [3.63, 3.8) is 0 Å². The van der Waals surface area contributed by atoms with Crippen LogP contribution in [0.4, 0.5) is 17.1 Å². The minimum Gasteiger partial charge on any atom is -0.310 e. The highest BCUT2D eigenvalue weighted by Gasteiger charge is 2.46. The predicted molar refractivity (Wildman–Crippen MR) is 229 cm³/mol. The van der Waals surface area contributed by atoms with Crippen molar-refractivity contribution in [2.75, 3.05) is 4.90 Å². The van der Waals surface area contributed by atoms with E-state index in [1.807, 2.05) is 0 Å². The number of rotatable bonds is 5. The third kappa shape index (κ3) is 4.53. The number of aryl methyl sites for hydroxylation is 2. The molecule has 3 aliphatic rings. The van der Waals surface area contributed by atoms with Crippen molar-refractivity contribution in [2.45, 2.75) is 37.5 Å². The minimum atomic E-state index is -0.486. The fourth-order valence-corrected chi connectivity index (χ4v) is 10.4. The molecular weight excluding hydrogens is 663 g/mol. The number of benzene rings is 8. The molecule has 0 spiro atoms. The van der Waals surface area contributed by atoms with Crippen molar-refractivity contribution in [3.05, 3.63) is 233 Å². The summed E-state index contributed by atoms with van der Waals surface area (Å²) in [6.07, 6.45) is 2.09. The molecule has 0 radical (unpaired) electrons. The quantitative estimate of drug-likeness (QED) is 0.172. The van der Waals surface area contributed by atoms with Crippen LogP contribution in [0.25, 0.3) is 33.4 Å². The first-order chi connectivity index (χ1) is 27.0. The molecule has 8 aromatic carbocycles. The summed E-state index contributed by atoms with van der Waals surface area (Å²) < 4.78 is 0. The molecule has 0 heterocycles. The fourth-order valence-electron chi connectivity index (χ4n) is 10.4. The summed E-state index contributed by atoms with van der Waals surface area (Å²) in [5, 5.41) is 0. The average Bonchev–Trinajstić information content (AvgIpc) is 3.67.